The molecule has 4 aromatic rings. The fraction of sp³-hybridized carbons (Fsp3) is 0.333. The summed E-state index contributed by atoms with van der Waals surface area (Å²) in [4.78, 5) is 25.8. The summed E-state index contributed by atoms with van der Waals surface area (Å²) >= 11 is 0. The predicted octanol–water partition coefficient (Wildman–Crippen LogP) is 10.4. The summed E-state index contributed by atoms with van der Waals surface area (Å²) in [5.74, 6) is 0.641. The molecule has 246 valence electrons. The normalized spacial score (nSPS) is 11.0. The zero-order chi connectivity index (χ0) is 33.3. The van der Waals surface area contributed by atoms with Gasteiger partial charge in [-0.2, -0.15) is 10.2 Å². The number of ether oxygens (including phenoxy) is 4. The molecule has 0 saturated carbocycles. The molecular formula is C39H44N2O6. The Morgan fingerprint density at radius 2 is 1.26 bits per heavy atom. The molecule has 0 aliphatic carbocycles. The quantitative estimate of drug-likeness (QED) is 0.0467. The van der Waals surface area contributed by atoms with Gasteiger partial charge < -0.3 is 18.9 Å². The molecule has 0 aliphatic rings. The molecular weight excluding hydrogens is 592 g/mol. The van der Waals surface area contributed by atoms with E-state index < -0.39 is 11.9 Å². The Labute approximate surface area is 277 Å². The number of benzene rings is 4. The Kier molecular flexibility index (Phi) is 14.0. The molecule has 8 heteroatoms. The van der Waals surface area contributed by atoms with Gasteiger partial charge >= 0.3 is 11.9 Å². The lowest BCUT2D eigenvalue weighted by Crippen LogP contribution is -2.09. The van der Waals surface area contributed by atoms with Crippen molar-refractivity contribution in [1.29, 1.82) is 0 Å². The van der Waals surface area contributed by atoms with Gasteiger partial charge in [0, 0.05) is 5.56 Å². The van der Waals surface area contributed by atoms with Gasteiger partial charge in [0.1, 0.15) is 23.9 Å². The van der Waals surface area contributed by atoms with E-state index in [0.29, 0.717) is 52.8 Å². The number of carbonyl (C=O) groups is 2. The lowest BCUT2D eigenvalue weighted by atomic mass is 10.1. The monoisotopic (exact) mass is 636 g/mol. The molecule has 47 heavy (non-hydrogen) atoms. The molecule has 8 nitrogen and oxygen atoms in total. The summed E-state index contributed by atoms with van der Waals surface area (Å²) in [6.07, 6.45) is 7.79. The van der Waals surface area contributed by atoms with Gasteiger partial charge in [-0.1, -0.05) is 51.7 Å². The molecule has 0 saturated heterocycles. The first-order valence-corrected chi connectivity index (χ1v) is 16.5. The van der Waals surface area contributed by atoms with Crippen molar-refractivity contribution in [2.24, 2.45) is 10.2 Å². The number of hydrogen-bond acceptors (Lipinski definition) is 8. The second kappa shape index (κ2) is 18.9. The van der Waals surface area contributed by atoms with Crippen LogP contribution in [0.15, 0.2) is 101 Å². The van der Waals surface area contributed by atoms with Crippen LogP contribution in [0.3, 0.4) is 0 Å². The summed E-state index contributed by atoms with van der Waals surface area (Å²) in [6, 6.07) is 26.6. The molecule has 0 atom stereocenters. The number of hydrogen-bond donors (Lipinski definition) is 0. The SMILES string of the molecule is CCCCCCOc1ccc(C(=O)OCc2cc(OC(=O)c3ccc(OCC)cc3)ccc2N=Nc2ccc(CCCC)cc2)cc1. The molecule has 0 heterocycles. The maximum Gasteiger partial charge on any atom is 0.343 e. The second-order valence-corrected chi connectivity index (χ2v) is 11.1. The zero-order valence-electron chi connectivity index (χ0n) is 27.6. The van der Waals surface area contributed by atoms with E-state index in [1.165, 1.54) is 18.4 Å². The molecule has 0 spiro atoms. The van der Waals surface area contributed by atoms with Crippen molar-refractivity contribution in [2.45, 2.75) is 72.3 Å². The van der Waals surface area contributed by atoms with E-state index in [4.69, 9.17) is 18.9 Å². The molecule has 4 aromatic carbocycles. The number of rotatable bonds is 18. The Hall–Kier alpha value is -4.98. The highest BCUT2D eigenvalue weighted by Crippen LogP contribution is 2.29. The van der Waals surface area contributed by atoms with Crippen molar-refractivity contribution in [3.05, 3.63) is 113 Å². The fourth-order valence-corrected chi connectivity index (χ4v) is 4.71. The minimum absolute atomic E-state index is 0.104. The number of carbonyl (C=O) groups excluding carboxylic acids is 2. The number of azo groups is 1. The lowest BCUT2D eigenvalue weighted by Gasteiger charge is -2.11. The molecule has 0 unspecified atom stereocenters. The number of esters is 2. The van der Waals surface area contributed by atoms with Gasteiger partial charge in [-0.3, -0.25) is 0 Å². The van der Waals surface area contributed by atoms with Crippen LogP contribution in [0, 0.1) is 0 Å². The third kappa shape index (κ3) is 11.4. The van der Waals surface area contributed by atoms with Crippen LogP contribution >= 0.6 is 0 Å². The summed E-state index contributed by atoms with van der Waals surface area (Å²) in [6.45, 7) is 7.31. The Bertz CT molecular complexity index is 1580. The van der Waals surface area contributed by atoms with Crippen molar-refractivity contribution >= 4 is 23.3 Å². The van der Waals surface area contributed by atoms with Crippen LogP contribution in [-0.2, 0) is 17.8 Å². The average Bonchev–Trinajstić information content (AvgIpc) is 3.10. The molecule has 0 bridgehead atoms. The largest absolute Gasteiger partial charge is 0.494 e. The van der Waals surface area contributed by atoms with Gasteiger partial charge in [0.05, 0.1) is 35.7 Å². The molecule has 0 radical (unpaired) electrons. The zero-order valence-corrected chi connectivity index (χ0v) is 27.6. The van der Waals surface area contributed by atoms with Crippen LogP contribution < -0.4 is 14.2 Å². The van der Waals surface area contributed by atoms with E-state index in [1.54, 1.807) is 66.7 Å². The third-order valence-electron chi connectivity index (χ3n) is 7.41. The van der Waals surface area contributed by atoms with Crippen LogP contribution in [0.4, 0.5) is 11.4 Å². The van der Waals surface area contributed by atoms with Crippen molar-refractivity contribution in [3.63, 3.8) is 0 Å². The van der Waals surface area contributed by atoms with E-state index in [1.807, 2.05) is 19.1 Å². The first-order chi connectivity index (χ1) is 23.0. The summed E-state index contributed by atoms with van der Waals surface area (Å²) in [5, 5.41) is 8.85. The minimum Gasteiger partial charge on any atom is -0.494 e. The van der Waals surface area contributed by atoms with Crippen LogP contribution in [0.2, 0.25) is 0 Å². The van der Waals surface area contributed by atoms with Gasteiger partial charge in [-0.15, -0.1) is 0 Å². The highest BCUT2D eigenvalue weighted by molar-refractivity contribution is 5.91. The van der Waals surface area contributed by atoms with Crippen molar-refractivity contribution in [2.75, 3.05) is 13.2 Å². The van der Waals surface area contributed by atoms with Crippen LogP contribution in [0.25, 0.3) is 0 Å². The third-order valence-corrected chi connectivity index (χ3v) is 7.41. The van der Waals surface area contributed by atoms with Crippen LogP contribution in [-0.4, -0.2) is 25.2 Å². The van der Waals surface area contributed by atoms with Crippen molar-refractivity contribution in [1.82, 2.24) is 0 Å². The molecule has 0 N–H and O–H groups in total. The van der Waals surface area contributed by atoms with E-state index in [-0.39, 0.29) is 12.4 Å². The Morgan fingerprint density at radius 1 is 0.617 bits per heavy atom. The topological polar surface area (TPSA) is 95.8 Å². The lowest BCUT2D eigenvalue weighted by molar-refractivity contribution is 0.0472. The van der Waals surface area contributed by atoms with Gasteiger partial charge in [-0.25, -0.2) is 9.59 Å². The van der Waals surface area contributed by atoms with E-state index in [2.05, 4.69) is 36.2 Å². The van der Waals surface area contributed by atoms with Gasteiger partial charge in [0.25, 0.3) is 0 Å². The maximum absolute atomic E-state index is 13.0. The number of aryl methyl sites for hydroxylation is 1. The Morgan fingerprint density at radius 3 is 1.91 bits per heavy atom. The van der Waals surface area contributed by atoms with Crippen molar-refractivity contribution in [3.8, 4) is 17.2 Å². The fourth-order valence-electron chi connectivity index (χ4n) is 4.71. The second-order valence-electron chi connectivity index (χ2n) is 11.1. The smallest absolute Gasteiger partial charge is 0.343 e. The number of nitrogens with zero attached hydrogens (tertiary/aromatic N) is 2. The Balaban J connectivity index is 1.46. The number of unbranched alkanes of at least 4 members (excludes halogenated alkanes) is 4. The van der Waals surface area contributed by atoms with E-state index in [9.17, 15) is 9.59 Å². The molecule has 0 fully saturated rings. The standard InChI is InChI=1S/C39H44N2O6/c1-4-7-9-10-26-45-35-22-14-30(15-23-35)38(42)46-28-32-27-36(47-39(43)31-16-20-34(21-17-31)44-6-3)24-25-37(32)41-40-33-18-12-29(13-19-33)11-8-5-2/h12-25,27H,4-11,26,28H2,1-3H3. The molecule has 0 amide bonds. The van der Waals surface area contributed by atoms with Gasteiger partial charge in [0.2, 0.25) is 0 Å². The van der Waals surface area contributed by atoms with E-state index >= 15 is 0 Å². The molecule has 0 aliphatic heterocycles. The molecule has 0 aromatic heterocycles. The minimum atomic E-state index is -0.527. The summed E-state index contributed by atoms with van der Waals surface area (Å²) < 4.78 is 22.6. The highest BCUT2D eigenvalue weighted by Gasteiger charge is 2.14. The van der Waals surface area contributed by atoms with Crippen molar-refractivity contribution < 1.29 is 28.5 Å². The van der Waals surface area contributed by atoms with E-state index in [0.717, 1.165) is 32.1 Å². The predicted molar refractivity (Wildman–Crippen MR) is 183 cm³/mol. The van der Waals surface area contributed by atoms with Gasteiger partial charge in [-0.05, 0) is 111 Å². The molecule has 4 rings (SSSR count). The first kappa shape index (κ1) is 34.9. The van der Waals surface area contributed by atoms with Gasteiger partial charge in [0.15, 0.2) is 0 Å². The maximum atomic E-state index is 13.0. The summed E-state index contributed by atoms with van der Waals surface area (Å²) in [5.41, 5.74) is 3.75. The summed E-state index contributed by atoms with van der Waals surface area (Å²) in [7, 11) is 0. The van der Waals surface area contributed by atoms with Crippen LogP contribution in [0.5, 0.6) is 17.2 Å². The van der Waals surface area contributed by atoms with Crippen LogP contribution in [0.1, 0.15) is 91.1 Å². The first-order valence-electron chi connectivity index (χ1n) is 16.5. The average molecular weight is 637 g/mol. The highest BCUT2D eigenvalue weighted by atomic mass is 16.5.